The van der Waals surface area contributed by atoms with Crippen LogP contribution in [0.15, 0.2) is 4.99 Å². The predicted octanol–water partition coefficient (Wildman–Crippen LogP) is 1.62. The van der Waals surface area contributed by atoms with Gasteiger partial charge in [-0.2, -0.15) is 0 Å². The molecule has 2 fully saturated rings. The number of hydrogen-bond donors (Lipinski definition) is 1. The molecule has 8 heteroatoms. The number of hydrogen-bond acceptors (Lipinski definition) is 5. The highest BCUT2D eigenvalue weighted by molar-refractivity contribution is 5.80. The summed E-state index contributed by atoms with van der Waals surface area (Å²) in [7, 11) is 1.82. The lowest BCUT2D eigenvalue weighted by Crippen LogP contribution is -2.48. The summed E-state index contributed by atoms with van der Waals surface area (Å²) in [5.41, 5.74) is -0.476. The third kappa shape index (κ3) is 7.13. The van der Waals surface area contributed by atoms with E-state index in [0.29, 0.717) is 25.7 Å². The first-order chi connectivity index (χ1) is 13.3. The van der Waals surface area contributed by atoms with Gasteiger partial charge in [-0.1, -0.05) is 6.92 Å². The van der Waals surface area contributed by atoms with Crippen molar-refractivity contribution in [1.29, 1.82) is 0 Å². The molecule has 162 valence electrons. The fourth-order valence-corrected chi connectivity index (χ4v) is 3.70. The number of carbonyl (C=O) groups excluding carboxylic acids is 1. The first-order valence-corrected chi connectivity index (χ1v) is 10.6. The standard InChI is InChI=1S/C20H39N5O3/c1-6-9-24(19(26)28-20(2,3)4)11-8-22-18(21-5)25-10-7-17(16-25)23-12-14-27-15-13-23/h17H,6-16H2,1-5H3,(H,21,22). The Bertz CT molecular complexity index is 514. The Morgan fingerprint density at radius 1 is 1.25 bits per heavy atom. The first-order valence-electron chi connectivity index (χ1n) is 10.6. The maximum absolute atomic E-state index is 12.4. The molecule has 2 heterocycles. The SMILES string of the molecule is CCCN(CCNC(=NC)N1CCC(N2CCOCC2)C1)C(=O)OC(C)(C)C. The molecule has 0 aliphatic carbocycles. The largest absolute Gasteiger partial charge is 0.444 e. The van der Waals surface area contributed by atoms with Crippen LogP contribution < -0.4 is 5.32 Å². The minimum absolute atomic E-state index is 0.250. The summed E-state index contributed by atoms with van der Waals surface area (Å²) in [5, 5.41) is 3.42. The Labute approximate surface area is 170 Å². The molecule has 0 aromatic carbocycles. The zero-order valence-corrected chi connectivity index (χ0v) is 18.4. The van der Waals surface area contributed by atoms with E-state index in [2.05, 4.69) is 27.0 Å². The number of amides is 1. The quantitative estimate of drug-likeness (QED) is 0.543. The minimum Gasteiger partial charge on any atom is -0.444 e. The van der Waals surface area contributed by atoms with Crippen molar-refractivity contribution < 1.29 is 14.3 Å². The molecule has 0 bridgehead atoms. The van der Waals surface area contributed by atoms with Crippen molar-refractivity contribution in [3.05, 3.63) is 0 Å². The average Bonchev–Trinajstić information content (AvgIpc) is 3.13. The number of morpholine rings is 1. The van der Waals surface area contributed by atoms with Crippen LogP contribution in [-0.2, 0) is 9.47 Å². The van der Waals surface area contributed by atoms with Gasteiger partial charge in [-0.3, -0.25) is 9.89 Å². The highest BCUT2D eigenvalue weighted by Gasteiger charge is 2.30. The fraction of sp³-hybridized carbons (Fsp3) is 0.900. The highest BCUT2D eigenvalue weighted by Crippen LogP contribution is 2.17. The molecule has 28 heavy (non-hydrogen) atoms. The molecular weight excluding hydrogens is 358 g/mol. The Morgan fingerprint density at radius 3 is 2.57 bits per heavy atom. The molecule has 2 aliphatic rings. The van der Waals surface area contributed by atoms with Crippen LogP contribution >= 0.6 is 0 Å². The van der Waals surface area contributed by atoms with E-state index in [9.17, 15) is 4.79 Å². The fourth-order valence-electron chi connectivity index (χ4n) is 3.70. The lowest BCUT2D eigenvalue weighted by atomic mass is 10.2. The summed E-state index contributed by atoms with van der Waals surface area (Å²) < 4.78 is 11.0. The van der Waals surface area contributed by atoms with Crippen LogP contribution in [0.4, 0.5) is 4.79 Å². The number of ether oxygens (including phenoxy) is 2. The van der Waals surface area contributed by atoms with E-state index in [-0.39, 0.29) is 6.09 Å². The molecule has 0 saturated carbocycles. The van der Waals surface area contributed by atoms with Crippen LogP contribution in [-0.4, -0.2) is 104 Å². The van der Waals surface area contributed by atoms with Crippen molar-refractivity contribution >= 4 is 12.1 Å². The Hall–Kier alpha value is -1.54. The zero-order valence-electron chi connectivity index (χ0n) is 18.4. The third-order valence-electron chi connectivity index (χ3n) is 5.05. The maximum atomic E-state index is 12.4. The van der Waals surface area contributed by atoms with Gasteiger partial charge in [0.25, 0.3) is 0 Å². The first kappa shape index (κ1) is 22.7. The number of rotatable bonds is 6. The van der Waals surface area contributed by atoms with Crippen molar-refractivity contribution in [3.8, 4) is 0 Å². The highest BCUT2D eigenvalue weighted by atomic mass is 16.6. The van der Waals surface area contributed by atoms with Gasteiger partial charge in [0.15, 0.2) is 5.96 Å². The van der Waals surface area contributed by atoms with Crippen molar-refractivity contribution in [3.63, 3.8) is 0 Å². The van der Waals surface area contributed by atoms with E-state index in [0.717, 1.165) is 58.2 Å². The summed E-state index contributed by atoms with van der Waals surface area (Å²) in [5.74, 6) is 0.913. The van der Waals surface area contributed by atoms with Crippen LogP contribution in [0.5, 0.6) is 0 Å². The lowest BCUT2D eigenvalue weighted by molar-refractivity contribution is 0.0194. The number of aliphatic imine (C=N–C) groups is 1. The Balaban J connectivity index is 1.80. The molecule has 0 aromatic rings. The number of nitrogens with zero attached hydrogens (tertiary/aromatic N) is 4. The maximum Gasteiger partial charge on any atom is 0.410 e. The van der Waals surface area contributed by atoms with Gasteiger partial charge in [-0.15, -0.1) is 0 Å². The second kappa shape index (κ2) is 10.9. The van der Waals surface area contributed by atoms with Gasteiger partial charge in [0.2, 0.25) is 0 Å². The molecule has 2 aliphatic heterocycles. The van der Waals surface area contributed by atoms with Crippen molar-refractivity contribution in [1.82, 2.24) is 20.0 Å². The van der Waals surface area contributed by atoms with Crippen LogP contribution in [0.2, 0.25) is 0 Å². The van der Waals surface area contributed by atoms with Gasteiger partial charge < -0.3 is 24.6 Å². The number of carbonyl (C=O) groups is 1. The third-order valence-corrected chi connectivity index (χ3v) is 5.05. The van der Waals surface area contributed by atoms with Gasteiger partial charge in [0, 0.05) is 58.9 Å². The molecule has 0 spiro atoms. The number of likely N-dealkylation sites (tertiary alicyclic amines) is 1. The van der Waals surface area contributed by atoms with E-state index in [1.807, 2.05) is 27.8 Å². The van der Waals surface area contributed by atoms with Gasteiger partial charge in [0.1, 0.15) is 5.60 Å². The second-order valence-electron chi connectivity index (χ2n) is 8.48. The van der Waals surface area contributed by atoms with E-state index >= 15 is 0 Å². The van der Waals surface area contributed by atoms with Gasteiger partial charge in [-0.25, -0.2) is 4.79 Å². The summed E-state index contributed by atoms with van der Waals surface area (Å²) in [4.78, 5) is 23.5. The molecule has 8 nitrogen and oxygen atoms in total. The van der Waals surface area contributed by atoms with E-state index in [1.54, 1.807) is 4.90 Å². The number of nitrogens with one attached hydrogen (secondary N) is 1. The lowest BCUT2D eigenvalue weighted by Gasteiger charge is -2.32. The molecule has 0 aromatic heterocycles. The van der Waals surface area contributed by atoms with Crippen LogP contribution in [0.3, 0.4) is 0 Å². The van der Waals surface area contributed by atoms with Crippen molar-refractivity contribution in [2.45, 2.75) is 52.2 Å². The zero-order chi connectivity index (χ0) is 20.6. The van der Waals surface area contributed by atoms with Crippen LogP contribution in [0.25, 0.3) is 0 Å². The summed E-state index contributed by atoms with van der Waals surface area (Å²) >= 11 is 0. The Morgan fingerprint density at radius 2 is 1.96 bits per heavy atom. The van der Waals surface area contributed by atoms with Crippen LogP contribution in [0.1, 0.15) is 40.5 Å². The van der Waals surface area contributed by atoms with E-state index in [4.69, 9.17) is 9.47 Å². The molecule has 1 unspecified atom stereocenters. The van der Waals surface area contributed by atoms with Crippen LogP contribution in [0, 0.1) is 0 Å². The minimum atomic E-state index is -0.476. The topological polar surface area (TPSA) is 69.6 Å². The molecule has 2 rings (SSSR count). The van der Waals surface area contributed by atoms with Gasteiger partial charge in [0.05, 0.1) is 13.2 Å². The summed E-state index contributed by atoms with van der Waals surface area (Å²) in [6.07, 6.45) is 1.81. The average molecular weight is 398 g/mol. The smallest absolute Gasteiger partial charge is 0.410 e. The molecular formula is C20H39N5O3. The van der Waals surface area contributed by atoms with Crippen molar-refractivity contribution in [2.75, 3.05) is 66.1 Å². The second-order valence-corrected chi connectivity index (χ2v) is 8.48. The molecule has 1 N–H and O–H groups in total. The Kier molecular flexibility index (Phi) is 8.82. The van der Waals surface area contributed by atoms with Gasteiger partial charge in [-0.05, 0) is 33.6 Å². The molecule has 0 radical (unpaired) electrons. The van der Waals surface area contributed by atoms with Gasteiger partial charge >= 0.3 is 6.09 Å². The number of guanidine groups is 1. The van der Waals surface area contributed by atoms with E-state index in [1.165, 1.54) is 0 Å². The normalized spacial score (nSPS) is 21.7. The predicted molar refractivity (Wildman–Crippen MR) is 112 cm³/mol. The molecule has 1 amide bonds. The summed E-state index contributed by atoms with van der Waals surface area (Å²) in [6, 6.07) is 0.570. The van der Waals surface area contributed by atoms with E-state index < -0.39 is 5.60 Å². The molecule has 1 atom stereocenters. The monoisotopic (exact) mass is 397 g/mol. The summed E-state index contributed by atoms with van der Waals surface area (Å²) in [6.45, 7) is 15.4. The van der Waals surface area contributed by atoms with Crippen molar-refractivity contribution in [2.24, 2.45) is 4.99 Å². The molecule has 2 saturated heterocycles.